The molecule has 0 N–H and O–H groups in total. The predicted molar refractivity (Wildman–Crippen MR) is 83.6 cm³/mol. The molecule has 1 rings (SSSR count). The molecule has 0 saturated heterocycles. The van der Waals surface area contributed by atoms with Crippen LogP contribution in [-0.4, -0.2) is 12.0 Å². The summed E-state index contributed by atoms with van der Waals surface area (Å²) in [5.74, 6) is 1.24. The Kier molecular flexibility index (Phi) is 6.90. The van der Waals surface area contributed by atoms with E-state index in [1.807, 2.05) is 30.0 Å². The Hall–Kier alpha value is -0.860. The normalized spacial score (nSPS) is 13.1. The fourth-order valence-electron chi connectivity index (χ4n) is 1.44. The molecular weight excluding hydrogens is 244 g/mol. The van der Waals surface area contributed by atoms with Gasteiger partial charge < -0.3 is 0 Å². The van der Waals surface area contributed by atoms with Crippen molar-refractivity contribution in [3.8, 4) is 0 Å². The molecule has 0 amide bonds. The van der Waals surface area contributed by atoms with E-state index in [2.05, 4.69) is 49.8 Å². The van der Waals surface area contributed by atoms with Crippen LogP contribution in [0.1, 0.15) is 11.5 Å². The molecule has 0 aliphatic heterocycles. The third-order valence-electron chi connectivity index (χ3n) is 2.30. The van der Waals surface area contributed by atoms with Crippen LogP contribution in [0.15, 0.2) is 66.0 Å². The quantitative estimate of drug-likeness (QED) is 0.628. The fourth-order valence-corrected chi connectivity index (χ4v) is 2.92. The molecule has 90 valence electrons. The van der Waals surface area contributed by atoms with Crippen LogP contribution in [0.4, 0.5) is 0 Å². The molecule has 0 nitrogen and oxygen atoms in total. The summed E-state index contributed by atoms with van der Waals surface area (Å²) in [6.07, 6.45) is 8.29. The maximum Gasteiger partial charge on any atom is 0.0370 e. The van der Waals surface area contributed by atoms with E-state index in [0.717, 1.165) is 5.75 Å². The molecule has 17 heavy (non-hydrogen) atoms. The minimum Gasteiger partial charge on any atom is -0.123 e. The van der Waals surface area contributed by atoms with Gasteiger partial charge in [0.1, 0.15) is 0 Å². The number of allylic oxidation sites excluding steroid dienone is 2. The summed E-state index contributed by atoms with van der Waals surface area (Å²) in [5, 5.41) is 0. The molecule has 0 radical (unpaired) electrons. The van der Waals surface area contributed by atoms with Crippen molar-refractivity contribution in [2.24, 2.45) is 0 Å². The minimum absolute atomic E-state index is 0.288. The van der Waals surface area contributed by atoms with E-state index in [4.69, 9.17) is 0 Å². The van der Waals surface area contributed by atoms with Gasteiger partial charge in [0.15, 0.2) is 0 Å². The maximum atomic E-state index is 3.92. The standard InChI is InChI=1S/C15H18S2/c1-4-11-17-15(16-3)12-13(5-2)14-9-7-6-8-10-14/h4-10,12-13H,1-2,11H2,3H3/b15-12-. The number of rotatable bonds is 7. The molecule has 2 heteroatoms. The first-order valence-electron chi connectivity index (χ1n) is 5.48. The van der Waals surface area contributed by atoms with E-state index in [1.54, 1.807) is 11.8 Å². The van der Waals surface area contributed by atoms with Crippen LogP contribution in [-0.2, 0) is 0 Å². The Morgan fingerprint density at radius 2 is 2.00 bits per heavy atom. The zero-order chi connectivity index (χ0) is 12.5. The molecule has 1 aromatic carbocycles. The predicted octanol–water partition coefficient (Wildman–Crippen LogP) is 5.08. The molecule has 0 bridgehead atoms. The monoisotopic (exact) mass is 262 g/mol. The van der Waals surface area contributed by atoms with Gasteiger partial charge in [0.2, 0.25) is 0 Å². The first-order valence-corrected chi connectivity index (χ1v) is 7.69. The Labute approximate surface area is 113 Å². The lowest BCUT2D eigenvalue weighted by atomic mass is 10.00. The molecular formula is C15H18S2. The first-order chi connectivity index (χ1) is 8.31. The lowest BCUT2D eigenvalue weighted by molar-refractivity contribution is 1.09. The summed E-state index contributed by atoms with van der Waals surface area (Å²) in [6, 6.07) is 10.4. The molecule has 0 aliphatic carbocycles. The van der Waals surface area contributed by atoms with Gasteiger partial charge in [0.25, 0.3) is 0 Å². The highest BCUT2D eigenvalue weighted by Crippen LogP contribution is 2.31. The van der Waals surface area contributed by atoms with E-state index < -0.39 is 0 Å². The van der Waals surface area contributed by atoms with Crippen molar-refractivity contribution in [3.05, 3.63) is 71.5 Å². The largest absolute Gasteiger partial charge is 0.123 e. The second-order valence-electron chi connectivity index (χ2n) is 3.46. The fraction of sp³-hybridized carbons (Fsp3) is 0.200. The summed E-state index contributed by atoms with van der Waals surface area (Å²) < 4.78 is 1.32. The van der Waals surface area contributed by atoms with Crippen LogP contribution in [0.5, 0.6) is 0 Å². The highest BCUT2D eigenvalue weighted by Gasteiger charge is 2.05. The molecule has 0 aliphatic rings. The summed E-state index contributed by atoms with van der Waals surface area (Å²) in [6.45, 7) is 7.67. The SMILES string of the molecule is C=CCS/C(=C\C(C=C)c1ccccc1)SC. The molecule has 0 saturated carbocycles. The van der Waals surface area contributed by atoms with E-state index in [0.29, 0.717) is 0 Å². The topological polar surface area (TPSA) is 0 Å². The third-order valence-corrected chi connectivity index (χ3v) is 4.51. The summed E-state index contributed by atoms with van der Waals surface area (Å²) in [7, 11) is 0. The minimum atomic E-state index is 0.288. The number of benzene rings is 1. The van der Waals surface area contributed by atoms with E-state index >= 15 is 0 Å². The number of thioether (sulfide) groups is 2. The first kappa shape index (κ1) is 14.2. The zero-order valence-corrected chi connectivity index (χ0v) is 11.8. The van der Waals surface area contributed by atoms with Gasteiger partial charge in [0, 0.05) is 15.9 Å². The lowest BCUT2D eigenvalue weighted by Crippen LogP contribution is -1.91. The van der Waals surface area contributed by atoms with Crippen LogP contribution in [0.25, 0.3) is 0 Å². The van der Waals surface area contributed by atoms with Gasteiger partial charge in [-0.1, -0.05) is 48.6 Å². The van der Waals surface area contributed by atoms with E-state index in [-0.39, 0.29) is 5.92 Å². The molecule has 1 aromatic rings. The second kappa shape index (κ2) is 8.26. The maximum absolute atomic E-state index is 3.92. The Morgan fingerprint density at radius 3 is 2.53 bits per heavy atom. The highest BCUT2D eigenvalue weighted by molar-refractivity contribution is 8.22. The van der Waals surface area contributed by atoms with Gasteiger partial charge in [-0.15, -0.1) is 36.7 Å². The van der Waals surface area contributed by atoms with Gasteiger partial charge in [-0.25, -0.2) is 0 Å². The number of hydrogen-bond acceptors (Lipinski definition) is 2. The smallest absolute Gasteiger partial charge is 0.0370 e. The molecule has 0 aromatic heterocycles. The van der Waals surface area contributed by atoms with Gasteiger partial charge in [0.05, 0.1) is 0 Å². The van der Waals surface area contributed by atoms with Gasteiger partial charge >= 0.3 is 0 Å². The molecule has 0 heterocycles. The van der Waals surface area contributed by atoms with Gasteiger partial charge in [-0.2, -0.15) is 0 Å². The summed E-state index contributed by atoms with van der Waals surface area (Å²) in [4.78, 5) is 0. The van der Waals surface area contributed by atoms with Crippen molar-refractivity contribution in [3.63, 3.8) is 0 Å². The average molecular weight is 262 g/mol. The van der Waals surface area contributed by atoms with Crippen molar-refractivity contribution < 1.29 is 0 Å². The van der Waals surface area contributed by atoms with Crippen molar-refractivity contribution in [1.82, 2.24) is 0 Å². The Bertz CT molecular complexity index is 379. The van der Waals surface area contributed by atoms with Crippen LogP contribution in [0.2, 0.25) is 0 Å². The van der Waals surface area contributed by atoms with E-state index in [9.17, 15) is 0 Å². The average Bonchev–Trinajstić information content (AvgIpc) is 2.40. The van der Waals surface area contributed by atoms with Crippen LogP contribution < -0.4 is 0 Å². The van der Waals surface area contributed by atoms with Crippen LogP contribution in [0, 0.1) is 0 Å². The zero-order valence-electron chi connectivity index (χ0n) is 10.1. The molecule has 0 fully saturated rings. The second-order valence-corrected chi connectivity index (χ2v) is 5.63. The third kappa shape index (κ3) is 4.88. The number of hydrogen-bond donors (Lipinski definition) is 0. The molecule has 1 atom stereocenters. The van der Waals surface area contributed by atoms with E-state index in [1.165, 1.54) is 9.80 Å². The summed E-state index contributed by atoms with van der Waals surface area (Å²) >= 11 is 3.59. The lowest BCUT2D eigenvalue weighted by Gasteiger charge is -2.10. The van der Waals surface area contributed by atoms with Crippen LogP contribution >= 0.6 is 23.5 Å². The Balaban J connectivity index is 2.83. The van der Waals surface area contributed by atoms with Crippen molar-refractivity contribution in [2.45, 2.75) is 5.92 Å². The van der Waals surface area contributed by atoms with Crippen LogP contribution in [0.3, 0.4) is 0 Å². The van der Waals surface area contributed by atoms with Crippen molar-refractivity contribution >= 4 is 23.5 Å². The molecule has 1 unspecified atom stereocenters. The van der Waals surface area contributed by atoms with Gasteiger partial charge in [-0.05, 0) is 11.8 Å². The van der Waals surface area contributed by atoms with Gasteiger partial charge in [-0.3, -0.25) is 0 Å². The van der Waals surface area contributed by atoms with Crippen molar-refractivity contribution in [2.75, 3.05) is 12.0 Å². The highest BCUT2D eigenvalue weighted by atomic mass is 32.2. The molecule has 0 spiro atoms. The Morgan fingerprint density at radius 1 is 1.29 bits per heavy atom. The van der Waals surface area contributed by atoms with Crippen molar-refractivity contribution in [1.29, 1.82) is 0 Å². The summed E-state index contributed by atoms with van der Waals surface area (Å²) in [5.41, 5.74) is 1.29.